The van der Waals surface area contributed by atoms with Crippen LogP contribution in [0, 0.1) is 10.8 Å². The lowest BCUT2D eigenvalue weighted by atomic mass is 10.1. The van der Waals surface area contributed by atoms with E-state index in [0.717, 1.165) is 5.01 Å². The molecule has 1 atom stereocenters. The Kier molecular flexibility index (Phi) is 1.80. The van der Waals surface area contributed by atoms with Crippen molar-refractivity contribution >= 4 is 5.91 Å². The normalized spacial score (nSPS) is 26.3. The smallest absolute Gasteiger partial charge is 0.268 e. The molecule has 0 bridgehead atoms. The SMILES string of the molecule is CC1CN(C)[N+](=O)N(C)C1=O. The Hall–Kier alpha value is -1.13. The summed E-state index contributed by atoms with van der Waals surface area (Å²) in [5.41, 5.74) is 0. The first-order chi connectivity index (χ1) is 5.04. The lowest BCUT2D eigenvalue weighted by Gasteiger charge is -2.23. The van der Waals surface area contributed by atoms with Gasteiger partial charge in [-0.3, -0.25) is 4.79 Å². The van der Waals surface area contributed by atoms with Crippen LogP contribution in [-0.2, 0) is 4.79 Å². The molecule has 1 fully saturated rings. The van der Waals surface area contributed by atoms with E-state index in [0.29, 0.717) is 11.5 Å². The zero-order valence-corrected chi connectivity index (χ0v) is 6.94. The summed E-state index contributed by atoms with van der Waals surface area (Å²) in [7, 11) is 3.13. The average Bonchev–Trinajstić information content (AvgIpc) is 1.97. The Labute approximate surface area is 65.1 Å². The molecule has 0 aromatic rings. The van der Waals surface area contributed by atoms with Crippen molar-refractivity contribution in [3.05, 3.63) is 4.91 Å². The van der Waals surface area contributed by atoms with E-state index < -0.39 is 0 Å². The first-order valence-electron chi connectivity index (χ1n) is 3.50. The first kappa shape index (κ1) is 7.97. The summed E-state index contributed by atoms with van der Waals surface area (Å²) in [5.74, 6) is -0.215. The number of carbonyl (C=O) groups excluding carboxylic acids is 1. The summed E-state index contributed by atoms with van der Waals surface area (Å²) in [6.45, 7) is 2.30. The topological polar surface area (TPSA) is 43.6 Å². The second-order valence-electron chi connectivity index (χ2n) is 2.86. The monoisotopic (exact) mass is 158 g/mol. The number of nitroso groups, excluding NO2 is 1. The van der Waals surface area contributed by atoms with Crippen molar-refractivity contribution in [1.82, 2.24) is 10.0 Å². The van der Waals surface area contributed by atoms with E-state index in [1.807, 2.05) is 6.92 Å². The quantitative estimate of drug-likeness (QED) is 0.452. The minimum absolute atomic E-state index is 0.0878. The van der Waals surface area contributed by atoms with Gasteiger partial charge in [-0.2, -0.15) is 0 Å². The Balaban J connectivity index is 2.79. The molecule has 0 spiro atoms. The van der Waals surface area contributed by atoms with Gasteiger partial charge >= 0.3 is 0 Å². The van der Waals surface area contributed by atoms with E-state index in [2.05, 4.69) is 0 Å². The van der Waals surface area contributed by atoms with Crippen LogP contribution in [0.3, 0.4) is 0 Å². The molecule has 1 saturated heterocycles. The molecule has 0 aliphatic carbocycles. The maximum absolute atomic E-state index is 11.1. The Morgan fingerprint density at radius 2 is 2.09 bits per heavy atom. The predicted octanol–water partition coefficient (Wildman–Crippen LogP) is -0.365. The highest BCUT2D eigenvalue weighted by molar-refractivity contribution is 5.77. The predicted molar refractivity (Wildman–Crippen MR) is 38.2 cm³/mol. The molecular formula is C6H12N3O2+. The van der Waals surface area contributed by atoms with Gasteiger partial charge in [0.2, 0.25) is 0 Å². The molecule has 5 nitrogen and oxygen atoms in total. The standard InChI is InChI=1S/C6H12N3O2/c1-5-4-7(2)9(11)8(3)6(5)10/h5H,4H2,1-3H3/q+1. The van der Waals surface area contributed by atoms with Crippen molar-refractivity contribution in [3.8, 4) is 0 Å². The van der Waals surface area contributed by atoms with Crippen LogP contribution in [0.1, 0.15) is 6.92 Å². The summed E-state index contributed by atoms with van der Waals surface area (Å²) in [5, 5.41) is 2.54. The zero-order valence-electron chi connectivity index (χ0n) is 6.94. The molecule has 0 saturated carbocycles. The van der Waals surface area contributed by atoms with Gasteiger partial charge in [-0.1, -0.05) is 6.92 Å². The van der Waals surface area contributed by atoms with Crippen molar-refractivity contribution in [2.45, 2.75) is 6.92 Å². The van der Waals surface area contributed by atoms with Crippen molar-refractivity contribution in [2.24, 2.45) is 5.92 Å². The van der Waals surface area contributed by atoms with Crippen LogP contribution in [-0.4, -0.2) is 41.5 Å². The Morgan fingerprint density at radius 1 is 1.55 bits per heavy atom. The van der Waals surface area contributed by atoms with Crippen molar-refractivity contribution in [1.29, 1.82) is 0 Å². The van der Waals surface area contributed by atoms with E-state index in [9.17, 15) is 9.70 Å². The highest BCUT2D eigenvalue weighted by atomic mass is 16.4. The summed E-state index contributed by atoms with van der Waals surface area (Å²) in [4.78, 5) is 22.7. The maximum atomic E-state index is 11.1. The van der Waals surface area contributed by atoms with Crippen molar-refractivity contribution < 1.29 is 9.77 Å². The fraction of sp³-hybridized carbons (Fsp3) is 0.833. The van der Waals surface area contributed by atoms with E-state index in [-0.39, 0.29) is 11.8 Å². The zero-order chi connectivity index (χ0) is 8.59. The van der Waals surface area contributed by atoms with Gasteiger partial charge in [0.05, 0.1) is 31.5 Å². The molecule has 0 N–H and O–H groups in total. The van der Waals surface area contributed by atoms with E-state index in [1.54, 1.807) is 7.05 Å². The molecule has 1 unspecified atom stereocenters. The fourth-order valence-corrected chi connectivity index (χ4v) is 1.18. The molecule has 0 aromatic heterocycles. The molecule has 1 amide bonds. The van der Waals surface area contributed by atoms with Crippen LogP contribution in [0.5, 0.6) is 0 Å². The van der Waals surface area contributed by atoms with Crippen molar-refractivity contribution in [2.75, 3.05) is 20.6 Å². The van der Waals surface area contributed by atoms with Crippen molar-refractivity contribution in [3.63, 3.8) is 0 Å². The summed E-state index contributed by atoms with van der Waals surface area (Å²) >= 11 is 0. The van der Waals surface area contributed by atoms with Crippen LogP contribution in [0.2, 0.25) is 0 Å². The second kappa shape index (κ2) is 2.48. The van der Waals surface area contributed by atoms with Crippen LogP contribution >= 0.6 is 0 Å². The third kappa shape index (κ3) is 1.18. The van der Waals surface area contributed by atoms with Gasteiger partial charge in [-0.15, -0.1) is 5.01 Å². The van der Waals surface area contributed by atoms with Crippen LogP contribution in [0.4, 0.5) is 0 Å². The molecule has 1 heterocycles. The van der Waals surface area contributed by atoms with Gasteiger partial charge in [0.25, 0.3) is 10.9 Å². The number of hydrazine groups is 2. The summed E-state index contributed by atoms with van der Waals surface area (Å²) in [6, 6.07) is 0. The van der Waals surface area contributed by atoms with Gasteiger partial charge in [0, 0.05) is 0 Å². The summed E-state index contributed by atoms with van der Waals surface area (Å²) < 4.78 is 0. The summed E-state index contributed by atoms with van der Waals surface area (Å²) in [6.07, 6.45) is 0. The molecule has 1 aliphatic rings. The lowest BCUT2D eigenvalue weighted by molar-refractivity contribution is -0.814. The molecule has 62 valence electrons. The molecular weight excluding hydrogens is 146 g/mol. The van der Waals surface area contributed by atoms with Gasteiger partial charge < -0.3 is 0 Å². The number of hydrogen-bond acceptors (Lipinski definition) is 2. The molecule has 1 aliphatic heterocycles. The molecule has 0 aromatic carbocycles. The van der Waals surface area contributed by atoms with Gasteiger partial charge in [-0.05, 0) is 5.01 Å². The average molecular weight is 158 g/mol. The van der Waals surface area contributed by atoms with Gasteiger partial charge in [0.15, 0.2) is 0 Å². The largest absolute Gasteiger partial charge is 0.289 e. The Morgan fingerprint density at radius 3 is 2.64 bits per heavy atom. The number of rotatable bonds is 0. The van der Waals surface area contributed by atoms with E-state index in [4.69, 9.17) is 0 Å². The third-order valence-corrected chi connectivity index (χ3v) is 1.83. The molecule has 5 heteroatoms. The van der Waals surface area contributed by atoms with Gasteiger partial charge in [-0.25, -0.2) is 0 Å². The third-order valence-electron chi connectivity index (χ3n) is 1.83. The minimum atomic E-state index is -0.127. The first-order valence-corrected chi connectivity index (χ1v) is 3.50. The molecule has 0 radical (unpaired) electrons. The van der Waals surface area contributed by atoms with E-state index >= 15 is 0 Å². The number of amides is 1. The minimum Gasteiger partial charge on any atom is -0.268 e. The highest BCUT2D eigenvalue weighted by Gasteiger charge is 2.39. The number of carbonyl (C=O) groups is 1. The van der Waals surface area contributed by atoms with Crippen LogP contribution in [0.25, 0.3) is 0 Å². The van der Waals surface area contributed by atoms with Crippen LogP contribution < -0.4 is 0 Å². The highest BCUT2D eigenvalue weighted by Crippen LogP contribution is 2.10. The molecule has 11 heavy (non-hydrogen) atoms. The Bertz CT molecular complexity index is 184. The second-order valence-corrected chi connectivity index (χ2v) is 2.86. The number of hydrogen-bond donors (Lipinski definition) is 0. The van der Waals surface area contributed by atoms with Crippen LogP contribution in [0.15, 0.2) is 0 Å². The fourth-order valence-electron chi connectivity index (χ4n) is 1.18. The molecule has 1 rings (SSSR count). The van der Waals surface area contributed by atoms with E-state index in [1.165, 1.54) is 12.1 Å². The number of nitrogens with zero attached hydrogens (tertiary/aromatic N) is 3. The van der Waals surface area contributed by atoms with Gasteiger partial charge in [0.1, 0.15) is 0 Å². The maximum Gasteiger partial charge on any atom is 0.289 e. The lowest BCUT2D eigenvalue weighted by Crippen LogP contribution is -2.54.